The SMILES string of the molecule is Oc1ccc(CCN2C[C@H]3C[C@H](Oc4ccncc4F)C[C@H]3C2)cc1. The minimum absolute atomic E-state index is 0.117. The van der Waals surface area contributed by atoms with Gasteiger partial charge in [0.15, 0.2) is 11.6 Å². The Labute approximate surface area is 147 Å². The molecule has 2 aliphatic rings. The summed E-state index contributed by atoms with van der Waals surface area (Å²) in [5.74, 6) is 1.56. The summed E-state index contributed by atoms with van der Waals surface area (Å²) in [6.45, 7) is 3.24. The molecule has 132 valence electrons. The van der Waals surface area contributed by atoms with E-state index in [9.17, 15) is 9.50 Å². The fraction of sp³-hybridized carbons (Fsp3) is 0.450. The van der Waals surface area contributed by atoms with Crippen molar-refractivity contribution in [1.82, 2.24) is 9.88 Å². The van der Waals surface area contributed by atoms with E-state index in [1.807, 2.05) is 12.1 Å². The molecule has 0 radical (unpaired) electrons. The molecule has 0 unspecified atom stereocenters. The number of likely N-dealkylation sites (tertiary alicyclic amines) is 1. The minimum atomic E-state index is -0.380. The molecule has 5 heteroatoms. The van der Waals surface area contributed by atoms with Crippen molar-refractivity contribution in [3.05, 3.63) is 54.1 Å². The maximum Gasteiger partial charge on any atom is 0.183 e. The van der Waals surface area contributed by atoms with E-state index in [1.165, 1.54) is 11.8 Å². The van der Waals surface area contributed by atoms with Gasteiger partial charge in [-0.3, -0.25) is 4.98 Å². The molecule has 0 bridgehead atoms. The Morgan fingerprint density at radius 1 is 1.12 bits per heavy atom. The molecular weight excluding hydrogens is 319 g/mol. The van der Waals surface area contributed by atoms with Crippen molar-refractivity contribution in [2.45, 2.75) is 25.4 Å². The van der Waals surface area contributed by atoms with E-state index < -0.39 is 0 Å². The molecule has 1 N–H and O–H groups in total. The number of phenols is 1. The third-order valence-electron chi connectivity index (χ3n) is 5.47. The number of pyridine rings is 1. The second-order valence-corrected chi connectivity index (χ2v) is 7.21. The third kappa shape index (κ3) is 3.76. The van der Waals surface area contributed by atoms with E-state index in [4.69, 9.17) is 4.74 Å². The summed E-state index contributed by atoms with van der Waals surface area (Å²) in [6.07, 6.45) is 5.90. The molecule has 1 aromatic heterocycles. The summed E-state index contributed by atoms with van der Waals surface area (Å²) in [4.78, 5) is 6.28. The van der Waals surface area contributed by atoms with Crippen LogP contribution in [0.15, 0.2) is 42.7 Å². The standard InChI is InChI=1S/C20H23FN2O2/c21-19-11-22-7-5-20(19)25-18-9-15-12-23(13-16(15)10-18)8-6-14-1-3-17(24)4-2-14/h1-5,7,11,15-16,18,24H,6,8-10,12-13H2/t15-,16+,18+. The Hall–Kier alpha value is -2.14. The zero-order chi connectivity index (χ0) is 17.2. The number of aromatic hydroxyl groups is 1. The second kappa shape index (κ2) is 7.00. The molecule has 0 spiro atoms. The van der Waals surface area contributed by atoms with Crippen LogP contribution in [0.25, 0.3) is 0 Å². The highest BCUT2D eigenvalue weighted by Gasteiger charge is 2.41. The number of halogens is 1. The largest absolute Gasteiger partial charge is 0.508 e. The van der Waals surface area contributed by atoms with Crippen LogP contribution in [0, 0.1) is 17.7 Å². The Balaban J connectivity index is 1.26. The van der Waals surface area contributed by atoms with Crippen LogP contribution >= 0.6 is 0 Å². The summed E-state index contributed by atoms with van der Waals surface area (Å²) in [6, 6.07) is 9.06. The fourth-order valence-electron chi connectivity index (χ4n) is 4.21. The number of phenolic OH excluding ortho intramolecular Hbond substituents is 1. The molecule has 1 aromatic carbocycles. The van der Waals surface area contributed by atoms with E-state index in [-0.39, 0.29) is 11.9 Å². The first kappa shape index (κ1) is 16.3. The van der Waals surface area contributed by atoms with Crippen LogP contribution in [-0.4, -0.2) is 40.7 Å². The van der Waals surface area contributed by atoms with Gasteiger partial charge in [-0.05, 0) is 48.8 Å². The first-order chi connectivity index (χ1) is 12.2. The lowest BCUT2D eigenvalue weighted by atomic mass is 10.0. The molecule has 1 saturated carbocycles. The van der Waals surface area contributed by atoms with Crippen molar-refractivity contribution in [2.75, 3.05) is 19.6 Å². The van der Waals surface area contributed by atoms with Crippen molar-refractivity contribution in [2.24, 2.45) is 11.8 Å². The Morgan fingerprint density at radius 3 is 2.52 bits per heavy atom. The molecule has 4 nitrogen and oxygen atoms in total. The van der Waals surface area contributed by atoms with Gasteiger partial charge in [0.1, 0.15) is 5.75 Å². The summed E-state index contributed by atoms with van der Waals surface area (Å²) >= 11 is 0. The predicted molar refractivity (Wildman–Crippen MR) is 93.1 cm³/mol. The van der Waals surface area contributed by atoms with Crippen molar-refractivity contribution in [3.8, 4) is 11.5 Å². The zero-order valence-corrected chi connectivity index (χ0v) is 14.1. The van der Waals surface area contributed by atoms with Crippen molar-refractivity contribution >= 4 is 0 Å². The molecule has 2 aromatic rings. The summed E-state index contributed by atoms with van der Waals surface area (Å²) in [5.41, 5.74) is 1.25. The molecule has 1 aliphatic carbocycles. The minimum Gasteiger partial charge on any atom is -0.508 e. The van der Waals surface area contributed by atoms with Crippen LogP contribution in [0.1, 0.15) is 18.4 Å². The summed E-state index contributed by atoms with van der Waals surface area (Å²) in [7, 11) is 0. The molecule has 2 fully saturated rings. The first-order valence-corrected chi connectivity index (χ1v) is 8.94. The van der Waals surface area contributed by atoms with Crippen molar-refractivity contribution < 1.29 is 14.2 Å². The Kier molecular flexibility index (Phi) is 4.57. The Bertz CT molecular complexity index is 708. The number of benzene rings is 1. The monoisotopic (exact) mass is 342 g/mol. The third-order valence-corrected chi connectivity index (χ3v) is 5.47. The lowest BCUT2D eigenvalue weighted by Crippen LogP contribution is -2.26. The number of nitrogens with zero attached hydrogens (tertiary/aromatic N) is 2. The van der Waals surface area contributed by atoms with E-state index in [2.05, 4.69) is 9.88 Å². The molecule has 1 aliphatic heterocycles. The first-order valence-electron chi connectivity index (χ1n) is 8.94. The van der Waals surface area contributed by atoms with Crippen LogP contribution in [0.5, 0.6) is 11.5 Å². The van der Waals surface area contributed by atoms with Gasteiger partial charge in [0.25, 0.3) is 0 Å². The van der Waals surface area contributed by atoms with Gasteiger partial charge >= 0.3 is 0 Å². The highest BCUT2D eigenvalue weighted by Crippen LogP contribution is 2.40. The average molecular weight is 342 g/mol. The number of hydrogen-bond donors (Lipinski definition) is 1. The van der Waals surface area contributed by atoms with E-state index in [0.29, 0.717) is 23.3 Å². The molecular formula is C20H23FN2O2. The van der Waals surface area contributed by atoms with E-state index in [1.54, 1.807) is 24.4 Å². The normalized spacial score (nSPS) is 25.9. The van der Waals surface area contributed by atoms with Crippen molar-refractivity contribution in [1.29, 1.82) is 0 Å². The summed E-state index contributed by atoms with van der Waals surface area (Å²) in [5, 5.41) is 9.34. The van der Waals surface area contributed by atoms with Gasteiger partial charge < -0.3 is 14.7 Å². The molecule has 25 heavy (non-hydrogen) atoms. The van der Waals surface area contributed by atoms with Gasteiger partial charge in [-0.15, -0.1) is 0 Å². The number of hydrogen-bond acceptors (Lipinski definition) is 4. The molecule has 1 saturated heterocycles. The highest BCUT2D eigenvalue weighted by molar-refractivity contribution is 5.26. The van der Waals surface area contributed by atoms with Crippen molar-refractivity contribution in [3.63, 3.8) is 0 Å². The molecule has 0 amide bonds. The number of fused-ring (bicyclic) bond motifs is 1. The smallest absolute Gasteiger partial charge is 0.183 e. The molecule has 2 heterocycles. The van der Waals surface area contributed by atoms with Gasteiger partial charge in [0, 0.05) is 31.9 Å². The predicted octanol–water partition coefficient (Wildman–Crippen LogP) is 3.26. The maximum absolute atomic E-state index is 13.7. The Morgan fingerprint density at radius 2 is 1.84 bits per heavy atom. The number of ether oxygens (including phenoxy) is 1. The number of aromatic nitrogens is 1. The average Bonchev–Trinajstić information content (AvgIpc) is 3.14. The van der Waals surface area contributed by atoms with E-state index in [0.717, 1.165) is 38.9 Å². The van der Waals surface area contributed by atoms with Gasteiger partial charge in [-0.25, -0.2) is 4.39 Å². The zero-order valence-electron chi connectivity index (χ0n) is 14.1. The van der Waals surface area contributed by atoms with Crippen LogP contribution in [0.4, 0.5) is 4.39 Å². The van der Waals surface area contributed by atoms with Gasteiger partial charge in [0.2, 0.25) is 0 Å². The quantitative estimate of drug-likeness (QED) is 0.906. The fourth-order valence-corrected chi connectivity index (χ4v) is 4.21. The van der Waals surface area contributed by atoms with Gasteiger partial charge in [0.05, 0.1) is 12.3 Å². The molecule has 3 atom stereocenters. The number of rotatable bonds is 5. The highest BCUT2D eigenvalue weighted by atomic mass is 19.1. The lowest BCUT2D eigenvalue weighted by molar-refractivity contribution is 0.178. The topological polar surface area (TPSA) is 45.6 Å². The van der Waals surface area contributed by atoms with Gasteiger partial charge in [-0.2, -0.15) is 0 Å². The lowest BCUT2D eigenvalue weighted by Gasteiger charge is -2.20. The van der Waals surface area contributed by atoms with Crippen LogP contribution in [0.3, 0.4) is 0 Å². The second-order valence-electron chi connectivity index (χ2n) is 7.21. The van der Waals surface area contributed by atoms with Gasteiger partial charge in [-0.1, -0.05) is 12.1 Å². The maximum atomic E-state index is 13.7. The van der Waals surface area contributed by atoms with E-state index >= 15 is 0 Å². The van der Waals surface area contributed by atoms with Crippen LogP contribution in [0.2, 0.25) is 0 Å². The van der Waals surface area contributed by atoms with Crippen LogP contribution in [-0.2, 0) is 6.42 Å². The summed E-state index contributed by atoms with van der Waals surface area (Å²) < 4.78 is 19.5. The van der Waals surface area contributed by atoms with Crippen LogP contribution < -0.4 is 4.74 Å². The molecule has 4 rings (SSSR count).